The fourth-order valence-corrected chi connectivity index (χ4v) is 2.43. The fraction of sp³-hybridized carbons (Fsp3) is 0.500. The quantitative estimate of drug-likeness (QED) is 0.648. The number of amides is 1. The Labute approximate surface area is 122 Å². The van der Waals surface area contributed by atoms with Gasteiger partial charge in [-0.2, -0.15) is 0 Å². The SMILES string of the molecule is COC1CNC(C(=O)Nc2cc(C)c([N+](=O)[O-])cc2C)C1. The van der Waals surface area contributed by atoms with Gasteiger partial charge < -0.3 is 15.4 Å². The Hall–Kier alpha value is -1.99. The Balaban J connectivity index is 2.11. The van der Waals surface area contributed by atoms with Gasteiger partial charge >= 0.3 is 0 Å². The molecular formula is C14H19N3O4. The largest absolute Gasteiger partial charge is 0.380 e. The molecule has 114 valence electrons. The van der Waals surface area contributed by atoms with Crippen LogP contribution in [0.2, 0.25) is 0 Å². The predicted octanol–water partition coefficient (Wildman–Crippen LogP) is 1.53. The molecule has 2 unspecified atom stereocenters. The topological polar surface area (TPSA) is 93.5 Å². The third-order valence-electron chi connectivity index (χ3n) is 3.74. The van der Waals surface area contributed by atoms with Gasteiger partial charge in [-0.15, -0.1) is 0 Å². The summed E-state index contributed by atoms with van der Waals surface area (Å²) in [7, 11) is 1.62. The Morgan fingerprint density at radius 2 is 2.14 bits per heavy atom. The number of carbonyl (C=O) groups is 1. The van der Waals surface area contributed by atoms with Gasteiger partial charge in [-0.3, -0.25) is 14.9 Å². The predicted molar refractivity (Wildman–Crippen MR) is 78.4 cm³/mol. The van der Waals surface area contributed by atoms with Crippen LogP contribution in [0.15, 0.2) is 12.1 Å². The van der Waals surface area contributed by atoms with Gasteiger partial charge in [0, 0.05) is 31.0 Å². The molecule has 0 saturated carbocycles. The second kappa shape index (κ2) is 6.19. The van der Waals surface area contributed by atoms with Gasteiger partial charge in [0.15, 0.2) is 0 Å². The van der Waals surface area contributed by atoms with Crippen LogP contribution in [0.3, 0.4) is 0 Å². The zero-order valence-electron chi connectivity index (χ0n) is 12.3. The summed E-state index contributed by atoms with van der Waals surface area (Å²) in [5.74, 6) is -0.147. The highest BCUT2D eigenvalue weighted by Crippen LogP contribution is 2.26. The molecule has 1 amide bonds. The molecule has 0 bridgehead atoms. The van der Waals surface area contributed by atoms with Crippen LogP contribution in [-0.2, 0) is 9.53 Å². The van der Waals surface area contributed by atoms with Gasteiger partial charge in [-0.1, -0.05) is 0 Å². The minimum Gasteiger partial charge on any atom is -0.380 e. The van der Waals surface area contributed by atoms with Crippen LogP contribution in [-0.4, -0.2) is 36.6 Å². The van der Waals surface area contributed by atoms with E-state index in [9.17, 15) is 14.9 Å². The van der Waals surface area contributed by atoms with E-state index in [0.717, 1.165) is 0 Å². The molecule has 2 N–H and O–H groups in total. The summed E-state index contributed by atoms with van der Waals surface area (Å²) >= 11 is 0. The zero-order chi connectivity index (χ0) is 15.6. The molecule has 0 spiro atoms. The lowest BCUT2D eigenvalue weighted by molar-refractivity contribution is -0.385. The first-order valence-electron chi connectivity index (χ1n) is 6.75. The van der Waals surface area contributed by atoms with E-state index in [4.69, 9.17) is 4.74 Å². The van der Waals surface area contributed by atoms with E-state index in [1.165, 1.54) is 6.07 Å². The van der Waals surface area contributed by atoms with Gasteiger partial charge in [0.05, 0.1) is 17.1 Å². The number of aryl methyl sites for hydroxylation is 2. The van der Waals surface area contributed by atoms with E-state index in [2.05, 4.69) is 10.6 Å². The normalized spacial score (nSPS) is 21.3. The summed E-state index contributed by atoms with van der Waals surface area (Å²) in [4.78, 5) is 22.7. The van der Waals surface area contributed by atoms with E-state index in [1.54, 1.807) is 27.0 Å². The number of ether oxygens (including phenoxy) is 1. The number of nitrogens with zero attached hydrogens (tertiary/aromatic N) is 1. The van der Waals surface area contributed by atoms with Crippen LogP contribution in [0.4, 0.5) is 11.4 Å². The van der Waals surface area contributed by atoms with Gasteiger partial charge in [-0.25, -0.2) is 0 Å². The molecule has 1 aliphatic rings. The van der Waals surface area contributed by atoms with Crippen molar-refractivity contribution in [3.8, 4) is 0 Å². The second-order valence-electron chi connectivity index (χ2n) is 5.25. The zero-order valence-corrected chi connectivity index (χ0v) is 12.3. The molecule has 1 saturated heterocycles. The van der Waals surface area contributed by atoms with Crippen molar-refractivity contribution in [2.24, 2.45) is 0 Å². The molecule has 1 aliphatic heterocycles. The molecule has 1 fully saturated rings. The first kappa shape index (κ1) is 15.4. The molecule has 1 heterocycles. The van der Waals surface area contributed by atoms with Crippen molar-refractivity contribution in [2.75, 3.05) is 19.0 Å². The summed E-state index contributed by atoms with van der Waals surface area (Å²) in [6.07, 6.45) is 0.660. The van der Waals surface area contributed by atoms with Gasteiger partial charge in [-0.05, 0) is 31.9 Å². The number of nitro groups is 1. The molecule has 2 rings (SSSR count). The van der Waals surface area contributed by atoms with Crippen LogP contribution in [0, 0.1) is 24.0 Å². The van der Waals surface area contributed by atoms with E-state index >= 15 is 0 Å². The molecule has 7 nitrogen and oxygen atoms in total. The molecule has 0 aliphatic carbocycles. The van der Waals surface area contributed by atoms with Crippen LogP contribution >= 0.6 is 0 Å². The maximum atomic E-state index is 12.2. The van der Waals surface area contributed by atoms with Crippen molar-refractivity contribution in [2.45, 2.75) is 32.4 Å². The Kier molecular flexibility index (Phi) is 4.54. The average molecular weight is 293 g/mol. The number of methoxy groups -OCH3 is 1. The van der Waals surface area contributed by atoms with E-state index in [0.29, 0.717) is 29.8 Å². The van der Waals surface area contributed by atoms with Crippen molar-refractivity contribution in [3.05, 3.63) is 33.4 Å². The third-order valence-corrected chi connectivity index (χ3v) is 3.74. The molecule has 1 aromatic carbocycles. The van der Waals surface area contributed by atoms with Crippen LogP contribution < -0.4 is 10.6 Å². The van der Waals surface area contributed by atoms with Crippen molar-refractivity contribution in [1.82, 2.24) is 5.32 Å². The number of carbonyl (C=O) groups excluding carboxylic acids is 1. The van der Waals surface area contributed by atoms with Crippen molar-refractivity contribution < 1.29 is 14.5 Å². The number of nitro benzene ring substituents is 1. The Morgan fingerprint density at radius 3 is 2.71 bits per heavy atom. The summed E-state index contributed by atoms with van der Waals surface area (Å²) in [5, 5.41) is 16.8. The number of hydrogen-bond donors (Lipinski definition) is 2. The number of nitrogens with one attached hydrogen (secondary N) is 2. The fourth-order valence-electron chi connectivity index (χ4n) is 2.43. The van der Waals surface area contributed by atoms with Crippen LogP contribution in [0.5, 0.6) is 0 Å². The van der Waals surface area contributed by atoms with Gasteiger partial charge in [0.1, 0.15) is 0 Å². The minimum atomic E-state index is -0.421. The van der Waals surface area contributed by atoms with Crippen LogP contribution in [0.25, 0.3) is 0 Å². The first-order valence-corrected chi connectivity index (χ1v) is 6.75. The minimum absolute atomic E-state index is 0.0421. The van der Waals surface area contributed by atoms with Crippen molar-refractivity contribution >= 4 is 17.3 Å². The van der Waals surface area contributed by atoms with Crippen LogP contribution in [0.1, 0.15) is 17.5 Å². The highest BCUT2D eigenvalue weighted by atomic mass is 16.6. The highest BCUT2D eigenvalue weighted by molar-refractivity contribution is 5.96. The van der Waals surface area contributed by atoms with Crippen molar-refractivity contribution in [3.63, 3.8) is 0 Å². The molecule has 0 radical (unpaired) electrons. The van der Waals surface area contributed by atoms with Gasteiger partial charge in [0.25, 0.3) is 5.69 Å². The lowest BCUT2D eigenvalue weighted by Gasteiger charge is -2.14. The maximum Gasteiger partial charge on any atom is 0.272 e. The molecular weight excluding hydrogens is 274 g/mol. The standard InChI is InChI=1S/C14H19N3O4/c1-8-5-13(17(19)20)9(2)4-11(8)16-14(18)12-6-10(21-3)7-15-12/h4-5,10,12,15H,6-7H2,1-3H3,(H,16,18). The van der Waals surface area contributed by atoms with Crippen molar-refractivity contribution in [1.29, 1.82) is 0 Å². The lowest BCUT2D eigenvalue weighted by Crippen LogP contribution is -2.35. The second-order valence-corrected chi connectivity index (χ2v) is 5.25. The molecule has 7 heteroatoms. The van der Waals surface area contributed by atoms with E-state index in [1.807, 2.05) is 0 Å². The number of hydrogen-bond acceptors (Lipinski definition) is 5. The Morgan fingerprint density at radius 1 is 1.43 bits per heavy atom. The monoisotopic (exact) mass is 293 g/mol. The summed E-state index contributed by atoms with van der Waals surface area (Å²) < 4.78 is 5.21. The summed E-state index contributed by atoms with van der Waals surface area (Å²) in [5.41, 5.74) is 1.85. The van der Waals surface area contributed by atoms with E-state index < -0.39 is 4.92 Å². The number of anilines is 1. The molecule has 0 aromatic heterocycles. The summed E-state index contributed by atoms with van der Waals surface area (Å²) in [6, 6.07) is 2.81. The average Bonchev–Trinajstić information content (AvgIpc) is 2.91. The third kappa shape index (κ3) is 3.37. The van der Waals surface area contributed by atoms with Gasteiger partial charge in [0.2, 0.25) is 5.91 Å². The lowest BCUT2D eigenvalue weighted by atomic mass is 10.1. The molecule has 21 heavy (non-hydrogen) atoms. The smallest absolute Gasteiger partial charge is 0.272 e. The Bertz CT molecular complexity index is 574. The molecule has 2 atom stereocenters. The number of rotatable bonds is 4. The number of benzene rings is 1. The first-order chi connectivity index (χ1) is 9.92. The molecule has 1 aromatic rings. The van der Waals surface area contributed by atoms with E-state index in [-0.39, 0.29) is 23.7 Å². The highest BCUT2D eigenvalue weighted by Gasteiger charge is 2.29. The maximum absolute atomic E-state index is 12.2. The summed E-state index contributed by atoms with van der Waals surface area (Å²) in [6.45, 7) is 4.04.